The average molecular weight is 557 g/mol. The van der Waals surface area contributed by atoms with Crippen molar-refractivity contribution in [3.05, 3.63) is 70.3 Å². The van der Waals surface area contributed by atoms with Crippen LogP contribution in [0.2, 0.25) is 0 Å². The van der Waals surface area contributed by atoms with Crippen molar-refractivity contribution in [2.75, 3.05) is 33.8 Å². The van der Waals surface area contributed by atoms with E-state index in [4.69, 9.17) is 4.74 Å². The molecule has 1 N–H and O–H groups in total. The molecule has 1 saturated carbocycles. The van der Waals surface area contributed by atoms with Gasteiger partial charge in [0.05, 0.1) is 7.11 Å². The Morgan fingerprint density at radius 2 is 1.73 bits per heavy atom. The van der Waals surface area contributed by atoms with Crippen LogP contribution in [0.4, 0.5) is 0 Å². The highest BCUT2D eigenvalue weighted by molar-refractivity contribution is 5.46. The van der Waals surface area contributed by atoms with Gasteiger partial charge >= 0.3 is 0 Å². The van der Waals surface area contributed by atoms with Crippen LogP contribution in [0.1, 0.15) is 88.5 Å². The molecule has 5 aliphatic rings. The molecule has 4 nitrogen and oxygen atoms in total. The monoisotopic (exact) mass is 556 g/mol. The van der Waals surface area contributed by atoms with E-state index in [0.29, 0.717) is 23.1 Å². The Hall–Kier alpha value is -2.30. The van der Waals surface area contributed by atoms with E-state index in [0.717, 1.165) is 37.2 Å². The summed E-state index contributed by atoms with van der Waals surface area (Å²) in [6.07, 6.45) is 12.9. The molecule has 41 heavy (non-hydrogen) atoms. The van der Waals surface area contributed by atoms with Crippen molar-refractivity contribution in [3.63, 3.8) is 0 Å². The van der Waals surface area contributed by atoms with E-state index in [2.05, 4.69) is 74.9 Å². The number of likely N-dealkylation sites (tertiary alicyclic amines) is 2. The fourth-order valence-corrected chi connectivity index (χ4v) is 9.52. The molecule has 2 aromatic rings. The number of likely N-dealkylation sites (N-methyl/N-ethyl adjacent to an activating group) is 1. The molecule has 0 spiro atoms. The minimum Gasteiger partial charge on any atom is -0.508 e. The van der Waals surface area contributed by atoms with Crippen LogP contribution in [-0.4, -0.2) is 60.8 Å². The van der Waals surface area contributed by atoms with Crippen molar-refractivity contribution in [1.82, 2.24) is 9.80 Å². The smallest absolute Gasteiger partial charge is 0.119 e. The predicted octanol–water partition coefficient (Wildman–Crippen LogP) is 7.27. The number of phenolic OH excluding ortho intramolecular Hbond substituents is 1. The largest absolute Gasteiger partial charge is 0.508 e. The van der Waals surface area contributed by atoms with Gasteiger partial charge in [-0.3, -0.25) is 4.90 Å². The number of hydrogen-bond acceptors (Lipinski definition) is 4. The highest BCUT2D eigenvalue weighted by Gasteiger charge is 2.53. The molecule has 0 unspecified atom stereocenters. The zero-order chi connectivity index (χ0) is 28.9. The normalized spacial score (nSPS) is 33.8. The minimum absolute atomic E-state index is 0.207. The van der Waals surface area contributed by atoms with Crippen LogP contribution < -0.4 is 4.74 Å². The zero-order valence-corrected chi connectivity index (χ0v) is 26.4. The van der Waals surface area contributed by atoms with Gasteiger partial charge in [0.25, 0.3) is 0 Å². The predicted molar refractivity (Wildman–Crippen MR) is 169 cm³/mol. The fraction of sp³-hybridized carbons (Fsp3) is 0.622. The molecule has 3 aliphatic carbocycles. The van der Waals surface area contributed by atoms with Gasteiger partial charge in [-0.2, -0.15) is 0 Å². The number of nitrogens with zero attached hydrogens (tertiary/aromatic N) is 2. The van der Waals surface area contributed by atoms with E-state index in [9.17, 15) is 5.11 Å². The lowest BCUT2D eigenvalue weighted by Crippen LogP contribution is -2.59. The Morgan fingerprint density at radius 3 is 2.51 bits per heavy atom. The minimum atomic E-state index is 0.207. The lowest BCUT2D eigenvalue weighted by Gasteiger charge is -2.58. The van der Waals surface area contributed by atoms with Crippen LogP contribution in [0.5, 0.6) is 11.5 Å². The van der Waals surface area contributed by atoms with E-state index in [-0.39, 0.29) is 5.41 Å². The third-order valence-corrected chi connectivity index (χ3v) is 12.2. The van der Waals surface area contributed by atoms with Gasteiger partial charge in [0.1, 0.15) is 11.5 Å². The maximum absolute atomic E-state index is 9.87. The average Bonchev–Trinajstić information content (AvgIpc) is 2.97. The molecule has 2 aromatic carbocycles. The van der Waals surface area contributed by atoms with E-state index >= 15 is 0 Å². The molecule has 3 fully saturated rings. The lowest BCUT2D eigenvalue weighted by atomic mass is 9.52. The fourth-order valence-electron chi connectivity index (χ4n) is 9.52. The quantitative estimate of drug-likeness (QED) is 0.404. The summed E-state index contributed by atoms with van der Waals surface area (Å²) < 4.78 is 5.51. The molecule has 7 rings (SSSR count). The van der Waals surface area contributed by atoms with Gasteiger partial charge in [-0.1, -0.05) is 50.5 Å². The van der Waals surface area contributed by atoms with E-state index in [1.54, 1.807) is 18.2 Å². The summed E-state index contributed by atoms with van der Waals surface area (Å²) >= 11 is 0. The van der Waals surface area contributed by atoms with Gasteiger partial charge in [-0.05, 0) is 136 Å². The van der Waals surface area contributed by atoms with Gasteiger partial charge in [0.2, 0.25) is 0 Å². The van der Waals surface area contributed by atoms with Crippen molar-refractivity contribution in [3.8, 4) is 11.5 Å². The van der Waals surface area contributed by atoms with Crippen LogP contribution in [0.15, 0.2) is 48.0 Å². The Balaban J connectivity index is 0.000000148. The molecule has 2 heterocycles. The Morgan fingerprint density at radius 1 is 0.976 bits per heavy atom. The van der Waals surface area contributed by atoms with Gasteiger partial charge < -0.3 is 14.7 Å². The SMILES string of the molecule is CC(C)=CCN1CC[C@@]2(C)c3cc(O)ccc3C[C@@H]1[C@@H]2C.COc1ccc2c(c1)[C@@]13CCCC[C@@H]1[C@@H](C2)N(C)CC3. The first-order valence-electron chi connectivity index (χ1n) is 16.2. The third kappa shape index (κ3) is 4.93. The second-order valence-electron chi connectivity index (χ2n) is 14.4. The number of ether oxygens (including phenoxy) is 1. The Bertz CT molecular complexity index is 1300. The molecular formula is C37H52N2O2. The number of rotatable bonds is 3. The third-order valence-electron chi connectivity index (χ3n) is 12.2. The van der Waals surface area contributed by atoms with Crippen molar-refractivity contribution >= 4 is 0 Å². The number of methoxy groups -OCH3 is 1. The van der Waals surface area contributed by atoms with Crippen LogP contribution in [0.3, 0.4) is 0 Å². The number of allylic oxidation sites excluding steroid dienone is 1. The van der Waals surface area contributed by atoms with E-state index in [1.165, 1.54) is 68.2 Å². The van der Waals surface area contributed by atoms with Crippen molar-refractivity contribution in [2.24, 2.45) is 11.8 Å². The molecule has 2 saturated heterocycles. The first-order chi connectivity index (χ1) is 19.7. The lowest BCUT2D eigenvalue weighted by molar-refractivity contribution is 0.00274. The molecule has 2 aliphatic heterocycles. The zero-order valence-electron chi connectivity index (χ0n) is 26.4. The molecule has 0 aromatic heterocycles. The highest BCUT2D eigenvalue weighted by atomic mass is 16.5. The number of aromatic hydroxyl groups is 1. The van der Waals surface area contributed by atoms with Crippen molar-refractivity contribution in [1.29, 1.82) is 0 Å². The van der Waals surface area contributed by atoms with Crippen LogP contribution >= 0.6 is 0 Å². The van der Waals surface area contributed by atoms with Crippen LogP contribution in [0, 0.1) is 11.8 Å². The maximum atomic E-state index is 9.87. The number of piperidine rings is 2. The topological polar surface area (TPSA) is 35.9 Å². The summed E-state index contributed by atoms with van der Waals surface area (Å²) in [6, 6.07) is 14.2. The second-order valence-corrected chi connectivity index (χ2v) is 14.4. The molecule has 4 heteroatoms. The van der Waals surface area contributed by atoms with Crippen LogP contribution in [0.25, 0.3) is 0 Å². The molecule has 222 valence electrons. The molecular weight excluding hydrogens is 504 g/mol. The van der Waals surface area contributed by atoms with Gasteiger partial charge in [0.15, 0.2) is 0 Å². The summed E-state index contributed by atoms with van der Waals surface area (Å²) in [7, 11) is 4.12. The number of hydrogen-bond donors (Lipinski definition) is 1. The van der Waals surface area contributed by atoms with Gasteiger partial charge in [-0.25, -0.2) is 0 Å². The standard InChI is InChI=1S/C19H27NO.C18H25NO/c1-13(2)7-9-20-10-8-19(4)14(3)18(20)11-15-5-6-16(21)12-17(15)19;1-19-10-9-18-8-4-3-5-15(18)17(19)11-13-6-7-14(20-2)12-16(13)18/h5-7,12,14,18,21H,8-11H2,1-4H3;6-7,12,15,17H,3-5,8-11H2,1-2H3/t14-,18+,19+;15-,17-,18-/m01/s1. The summed E-state index contributed by atoms with van der Waals surface area (Å²) in [4.78, 5) is 5.27. The highest BCUT2D eigenvalue weighted by Crippen LogP contribution is 2.56. The van der Waals surface area contributed by atoms with Crippen molar-refractivity contribution < 1.29 is 9.84 Å². The molecule has 0 amide bonds. The van der Waals surface area contributed by atoms with E-state index < -0.39 is 0 Å². The van der Waals surface area contributed by atoms with E-state index in [1.807, 2.05) is 12.1 Å². The van der Waals surface area contributed by atoms with Gasteiger partial charge in [-0.15, -0.1) is 0 Å². The maximum Gasteiger partial charge on any atom is 0.119 e. The number of phenols is 1. The van der Waals surface area contributed by atoms with Gasteiger partial charge in [0, 0.05) is 24.0 Å². The Kier molecular flexibility index (Phi) is 7.78. The van der Waals surface area contributed by atoms with Crippen molar-refractivity contribution in [2.45, 2.75) is 102 Å². The summed E-state index contributed by atoms with van der Waals surface area (Å²) in [5.41, 5.74) is 8.09. The first-order valence-corrected chi connectivity index (χ1v) is 16.2. The second kappa shape index (κ2) is 11.1. The molecule has 6 atom stereocenters. The summed E-state index contributed by atoms with van der Waals surface area (Å²) in [5, 5.41) is 9.87. The van der Waals surface area contributed by atoms with Crippen LogP contribution in [-0.2, 0) is 23.7 Å². The Labute approximate surface area is 248 Å². The number of benzene rings is 2. The molecule has 0 radical (unpaired) electrons. The first kappa shape index (κ1) is 28.8. The molecule has 4 bridgehead atoms. The number of fused-ring (bicyclic) bond motifs is 5. The summed E-state index contributed by atoms with van der Waals surface area (Å²) in [5.74, 6) is 2.95. The summed E-state index contributed by atoms with van der Waals surface area (Å²) in [6.45, 7) is 12.6.